The van der Waals surface area contributed by atoms with Crippen molar-refractivity contribution >= 4 is 5.91 Å². The van der Waals surface area contributed by atoms with Crippen molar-refractivity contribution < 1.29 is 14.3 Å². The third kappa shape index (κ3) is 5.36. The van der Waals surface area contributed by atoms with Crippen LogP contribution in [-0.2, 0) is 11.2 Å². The summed E-state index contributed by atoms with van der Waals surface area (Å²) in [5, 5.41) is 3.04. The zero-order chi connectivity index (χ0) is 17.6. The van der Waals surface area contributed by atoms with Crippen LogP contribution in [0.15, 0.2) is 18.2 Å². The summed E-state index contributed by atoms with van der Waals surface area (Å²) in [6.07, 6.45) is 2.73. The lowest BCUT2D eigenvalue weighted by Gasteiger charge is -2.34. The highest BCUT2D eigenvalue weighted by Gasteiger charge is 2.21. The topological polar surface area (TPSA) is 50.8 Å². The number of nitrogens with zero attached hydrogens (tertiary/aromatic N) is 1. The Bertz CT molecular complexity index is 580. The molecule has 0 aromatic heterocycles. The van der Waals surface area contributed by atoms with Crippen LogP contribution in [0.4, 0.5) is 0 Å². The molecule has 1 fully saturated rings. The Morgan fingerprint density at radius 2 is 1.88 bits per heavy atom. The van der Waals surface area contributed by atoms with Gasteiger partial charge in [-0.3, -0.25) is 4.79 Å². The van der Waals surface area contributed by atoms with Gasteiger partial charge in [0, 0.05) is 19.6 Å². The van der Waals surface area contributed by atoms with Gasteiger partial charge in [-0.2, -0.15) is 0 Å². The molecule has 0 unspecified atom stereocenters. The minimum absolute atomic E-state index is 0.0667. The van der Waals surface area contributed by atoms with Gasteiger partial charge in [0.2, 0.25) is 5.91 Å². The van der Waals surface area contributed by atoms with E-state index < -0.39 is 0 Å². The van der Waals surface area contributed by atoms with Crippen LogP contribution >= 0.6 is 0 Å². The van der Waals surface area contributed by atoms with Crippen molar-refractivity contribution in [1.29, 1.82) is 0 Å². The van der Waals surface area contributed by atoms with Crippen molar-refractivity contribution in [3.8, 4) is 11.5 Å². The van der Waals surface area contributed by atoms with Crippen molar-refractivity contribution in [2.24, 2.45) is 11.8 Å². The van der Waals surface area contributed by atoms with Crippen LogP contribution in [0, 0.1) is 11.8 Å². The molecule has 2 heterocycles. The van der Waals surface area contributed by atoms with Gasteiger partial charge in [0.05, 0.1) is 6.42 Å². The second-order valence-corrected chi connectivity index (χ2v) is 7.56. The maximum atomic E-state index is 12.1. The molecule has 0 radical (unpaired) electrons. The molecule has 5 nitrogen and oxygen atoms in total. The van der Waals surface area contributed by atoms with Gasteiger partial charge in [0.25, 0.3) is 0 Å². The van der Waals surface area contributed by atoms with Gasteiger partial charge < -0.3 is 19.7 Å². The molecule has 2 aliphatic heterocycles. The third-order valence-electron chi connectivity index (χ3n) is 4.89. The molecule has 2 aliphatic rings. The van der Waals surface area contributed by atoms with E-state index in [4.69, 9.17) is 9.47 Å². The number of ether oxygens (including phenoxy) is 2. The Morgan fingerprint density at radius 3 is 2.64 bits per heavy atom. The SMILES string of the molecule is C[C@@H]1C[C@@H](C)CN(CCCNC(=O)Cc2ccc3c(c2)OCCO3)C1. The Labute approximate surface area is 150 Å². The van der Waals surface area contributed by atoms with E-state index >= 15 is 0 Å². The summed E-state index contributed by atoms with van der Waals surface area (Å²) in [6.45, 7) is 10.00. The smallest absolute Gasteiger partial charge is 0.224 e. The first kappa shape index (κ1) is 18.1. The minimum Gasteiger partial charge on any atom is -0.486 e. The van der Waals surface area contributed by atoms with E-state index in [-0.39, 0.29) is 5.91 Å². The second kappa shape index (κ2) is 8.56. The average Bonchev–Trinajstić information content (AvgIpc) is 2.58. The molecule has 3 rings (SSSR count). The lowest BCUT2D eigenvalue weighted by molar-refractivity contribution is -0.120. The molecule has 25 heavy (non-hydrogen) atoms. The summed E-state index contributed by atoms with van der Waals surface area (Å²) >= 11 is 0. The van der Waals surface area contributed by atoms with Crippen LogP contribution in [0.25, 0.3) is 0 Å². The standard InChI is InChI=1S/C20H30N2O3/c1-15-10-16(2)14-22(13-15)7-3-6-21-20(23)12-17-4-5-18-19(11-17)25-9-8-24-18/h4-5,11,15-16H,3,6-10,12-14H2,1-2H3,(H,21,23)/t15-,16-/m1/s1. The van der Waals surface area contributed by atoms with Crippen molar-refractivity contribution in [2.75, 3.05) is 39.4 Å². The van der Waals surface area contributed by atoms with Gasteiger partial charge in [-0.25, -0.2) is 0 Å². The highest BCUT2D eigenvalue weighted by Crippen LogP contribution is 2.30. The quantitative estimate of drug-likeness (QED) is 0.804. The number of piperidine rings is 1. The molecule has 0 saturated carbocycles. The summed E-state index contributed by atoms with van der Waals surface area (Å²) in [5.41, 5.74) is 0.959. The first-order chi connectivity index (χ1) is 12.1. The molecule has 1 aromatic carbocycles. The van der Waals surface area contributed by atoms with Gasteiger partial charge in [-0.15, -0.1) is 0 Å². The van der Waals surface area contributed by atoms with Crippen molar-refractivity contribution in [3.63, 3.8) is 0 Å². The monoisotopic (exact) mass is 346 g/mol. The summed E-state index contributed by atoms with van der Waals surface area (Å²) < 4.78 is 11.1. The molecule has 0 aliphatic carbocycles. The first-order valence-electron chi connectivity index (χ1n) is 9.47. The normalized spacial score (nSPS) is 23.3. The fraction of sp³-hybridized carbons (Fsp3) is 0.650. The summed E-state index contributed by atoms with van der Waals surface area (Å²) in [7, 11) is 0. The molecule has 2 atom stereocenters. The molecule has 0 bridgehead atoms. The summed E-state index contributed by atoms with van der Waals surface area (Å²) in [5.74, 6) is 3.14. The first-order valence-corrected chi connectivity index (χ1v) is 9.47. The zero-order valence-electron chi connectivity index (χ0n) is 15.4. The van der Waals surface area contributed by atoms with E-state index in [1.165, 1.54) is 19.5 Å². The van der Waals surface area contributed by atoms with E-state index in [0.717, 1.165) is 48.4 Å². The molecule has 1 N–H and O–H groups in total. The largest absolute Gasteiger partial charge is 0.486 e. The molecule has 0 spiro atoms. The Balaban J connectivity index is 1.37. The summed E-state index contributed by atoms with van der Waals surface area (Å²) in [6, 6.07) is 5.73. The van der Waals surface area contributed by atoms with Gasteiger partial charge in [-0.05, 0) is 48.9 Å². The maximum absolute atomic E-state index is 12.1. The predicted molar refractivity (Wildman–Crippen MR) is 98.1 cm³/mol. The van der Waals surface area contributed by atoms with Crippen molar-refractivity contribution in [1.82, 2.24) is 10.2 Å². The van der Waals surface area contributed by atoms with E-state index in [2.05, 4.69) is 24.1 Å². The third-order valence-corrected chi connectivity index (χ3v) is 4.89. The van der Waals surface area contributed by atoms with Gasteiger partial charge in [0.15, 0.2) is 11.5 Å². The fourth-order valence-corrected chi connectivity index (χ4v) is 3.95. The van der Waals surface area contributed by atoms with Crippen LogP contribution in [0.2, 0.25) is 0 Å². The molecule has 5 heteroatoms. The van der Waals surface area contributed by atoms with Gasteiger partial charge in [-0.1, -0.05) is 19.9 Å². The highest BCUT2D eigenvalue weighted by molar-refractivity contribution is 5.78. The number of benzene rings is 1. The van der Waals surface area contributed by atoms with Crippen molar-refractivity contribution in [3.05, 3.63) is 23.8 Å². The molecular weight excluding hydrogens is 316 g/mol. The molecule has 1 saturated heterocycles. The van der Waals surface area contributed by atoms with E-state index in [9.17, 15) is 4.79 Å². The number of nitrogens with one attached hydrogen (secondary N) is 1. The average molecular weight is 346 g/mol. The van der Waals surface area contributed by atoms with Crippen LogP contribution < -0.4 is 14.8 Å². The number of rotatable bonds is 6. The number of hydrogen-bond acceptors (Lipinski definition) is 4. The lowest BCUT2D eigenvalue weighted by atomic mass is 9.92. The van der Waals surface area contributed by atoms with Crippen LogP contribution in [0.1, 0.15) is 32.3 Å². The van der Waals surface area contributed by atoms with Gasteiger partial charge >= 0.3 is 0 Å². The number of hydrogen-bond donors (Lipinski definition) is 1. The number of likely N-dealkylation sites (tertiary alicyclic amines) is 1. The molecular formula is C20H30N2O3. The number of fused-ring (bicyclic) bond motifs is 1. The highest BCUT2D eigenvalue weighted by atomic mass is 16.6. The van der Waals surface area contributed by atoms with Crippen LogP contribution in [0.3, 0.4) is 0 Å². The Morgan fingerprint density at radius 1 is 1.16 bits per heavy atom. The summed E-state index contributed by atoms with van der Waals surface area (Å²) in [4.78, 5) is 14.7. The van der Waals surface area contributed by atoms with Crippen LogP contribution in [0.5, 0.6) is 11.5 Å². The molecule has 138 valence electrons. The van der Waals surface area contributed by atoms with Crippen LogP contribution in [-0.4, -0.2) is 50.2 Å². The lowest BCUT2D eigenvalue weighted by Crippen LogP contribution is -2.40. The number of amides is 1. The van der Waals surface area contributed by atoms with E-state index in [1.807, 2.05) is 18.2 Å². The predicted octanol–water partition coefficient (Wildman–Crippen LogP) is 2.48. The fourth-order valence-electron chi connectivity index (χ4n) is 3.95. The molecule has 1 aromatic rings. The minimum atomic E-state index is 0.0667. The zero-order valence-corrected chi connectivity index (χ0v) is 15.4. The van der Waals surface area contributed by atoms with Crippen molar-refractivity contribution in [2.45, 2.75) is 33.1 Å². The van der Waals surface area contributed by atoms with E-state index in [1.54, 1.807) is 0 Å². The number of carbonyl (C=O) groups excluding carboxylic acids is 1. The van der Waals surface area contributed by atoms with E-state index in [0.29, 0.717) is 19.6 Å². The van der Waals surface area contributed by atoms with Gasteiger partial charge in [0.1, 0.15) is 13.2 Å². The maximum Gasteiger partial charge on any atom is 0.224 e. The Hall–Kier alpha value is -1.75. The number of carbonyl (C=O) groups is 1. The Kier molecular flexibility index (Phi) is 6.19. The second-order valence-electron chi connectivity index (χ2n) is 7.56. The molecule has 1 amide bonds.